The van der Waals surface area contributed by atoms with Gasteiger partial charge in [0, 0.05) is 6.04 Å². The van der Waals surface area contributed by atoms with Gasteiger partial charge in [0.25, 0.3) is 0 Å². The summed E-state index contributed by atoms with van der Waals surface area (Å²) in [6.45, 7) is 4.12. The summed E-state index contributed by atoms with van der Waals surface area (Å²) >= 11 is 0. The molecule has 1 atom stereocenters. The molecular formula is C13H20ClNO2. The van der Waals surface area contributed by atoms with Crippen LogP contribution < -0.4 is 5.73 Å². The van der Waals surface area contributed by atoms with Crippen LogP contribution in [-0.4, -0.2) is 19.1 Å². The van der Waals surface area contributed by atoms with Crippen LogP contribution in [0.15, 0.2) is 18.2 Å². The monoisotopic (exact) mass is 257 g/mol. The number of methoxy groups -OCH3 is 1. The van der Waals surface area contributed by atoms with Crippen LogP contribution in [0.3, 0.4) is 0 Å². The largest absolute Gasteiger partial charge is 0.469 e. The second-order valence-electron chi connectivity index (χ2n) is 4.17. The molecule has 0 heterocycles. The number of nitrogens with two attached hydrogens (primary N) is 1. The minimum absolute atomic E-state index is 0. The quantitative estimate of drug-likeness (QED) is 0.841. The lowest BCUT2D eigenvalue weighted by molar-refractivity contribution is -0.140. The molecule has 0 aliphatic carbocycles. The maximum atomic E-state index is 11.0. The Bertz CT molecular complexity index is 380. The molecule has 1 aromatic rings. The van der Waals surface area contributed by atoms with E-state index in [9.17, 15) is 4.79 Å². The van der Waals surface area contributed by atoms with Crippen LogP contribution >= 0.6 is 12.4 Å². The predicted molar refractivity (Wildman–Crippen MR) is 71.5 cm³/mol. The maximum Gasteiger partial charge on any atom is 0.307 e. The second kappa shape index (κ2) is 7.30. The fourth-order valence-corrected chi connectivity index (χ4v) is 1.73. The van der Waals surface area contributed by atoms with Crippen molar-refractivity contribution in [3.8, 4) is 0 Å². The van der Waals surface area contributed by atoms with Gasteiger partial charge >= 0.3 is 5.97 Å². The minimum atomic E-state index is -0.253. The fourth-order valence-electron chi connectivity index (χ4n) is 1.73. The van der Waals surface area contributed by atoms with E-state index in [2.05, 4.69) is 36.8 Å². The zero-order chi connectivity index (χ0) is 12.1. The van der Waals surface area contributed by atoms with Gasteiger partial charge in [-0.15, -0.1) is 12.4 Å². The van der Waals surface area contributed by atoms with E-state index in [1.54, 1.807) is 0 Å². The molecule has 0 saturated carbocycles. The summed E-state index contributed by atoms with van der Waals surface area (Å²) in [5, 5.41) is 0. The summed E-state index contributed by atoms with van der Waals surface area (Å²) < 4.78 is 4.59. The average Bonchev–Trinajstić information content (AvgIpc) is 2.22. The topological polar surface area (TPSA) is 52.3 Å². The molecule has 0 bridgehead atoms. The van der Waals surface area contributed by atoms with E-state index in [0.717, 1.165) is 0 Å². The number of carbonyl (C=O) groups excluding carboxylic acids is 1. The number of aryl methyl sites for hydroxylation is 2. The van der Waals surface area contributed by atoms with Crippen molar-refractivity contribution in [1.82, 2.24) is 0 Å². The van der Waals surface area contributed by atoms with Crippen LogP contribution in [0, 0.1) is 13.8 Å². The Morgan fingerprint density at radius 3 is 2.59 bits per heavy atom. The zero-order valence-corrected chi connectivity index (χ0v) is 11.3. The van der Waals surface area contributed by atoms with E-state index in [-0.39, 0.29) is 30.8 Å². The third-order valence-electron chi connectivity index (χ3n) is 2.64. The standard InChI is InChI=1S/C13H19NO2.ClH/c1-9-4-5-11(10(2)6-9)7-12(14)8-13(15)16-3;/h4-6,12H,7-8,14H2,1-3H3;1H. The minimum Gasteiger partial charge on any atom is -0.469 e. The third-order valence-corrected chi connectivity index (χ3v) is 2.64. The molecule has 0 aromatic heterocycles. The highest BCUT2D eigenvalue weighted by atomic mass is 35.5. The number of hydrogen-bond donors (Lipinski definition) is 1. The van der Waals surface area contributed by atoms with Gasteiger partial charge in [0.05, 0.1) is 13.5 Å². The molecule has 0 radical (unpaired) electrons. The van der Waals surface area contributed by atoms with Crippen LogP contribution in [0.2, 0.25) is 0 Å². The Kier molecular flexibility index (Phi) is 6.85. The fraction of sp³-hybridized carbons (Fsp3) is 0.462. The van der Waals surface area contributed by atoms with E-state index < -0.39 is 0 Å². The van der Waals surface area contributed by atoms with Crippen molar-refractivity contribution in [2.24, 2.45) is 5.73 Å². The van der Waals surface area contributed by atoms with E-state index in [1.807, 2.05) is 0 Å². The summed E-state index contributed by atoms with van der Waals surface area (Å²) in [6, 6.07) is 6.09. The molecule has 0 fully saturated rings. The Balaban J connectivity index is 0.00000256. The van der Waals surface area contributed by atoms with Crippen LogP contribution in [0.25, 0.3) is 0 Å². The number of benzene rings is 1. The van der Waals surface area contributed by atoms with Crippen LogP contribution in [0.5, 0.6) is 0 Å². The molecule has 1 rings (SSSR count). The average molecular weight is 258 g/mol. The molecule has 4 heteroatoms. The first-order valence-corrected chi connectivity index (χ1v) is 5.41. The first kappa shape index (κ1) is 15.9. The molecule has 3 nitrogen and oxygen atoms in total. The molecule has 0 aliphatic heterocycles. The maximum absolute atomic E-state index is 11.0. The Morgan fingerprint density at radius 1 is 1.41 bits per heavy atom. The first-order chi connectivity index (χ1) is 7.52. The normalized spacial score (nSPS) is 11.5. The van der Waals surface area contributed by atoms with Gasteiger partial charge in [-0.1, -0.05) is 23.8 Å². The van der Waals surface area contributed by atoms with E-state index in [1.165, 1.54) is 23.8 Å². The lowest BCUT2D eigenvalue weighted by atomic mass is 9.98. The van der Waals surface area contributed by atoms with Crippen molar-refractivity contribution >= 4 is 18.4 Å². The van der Waals surface area contributed by atoms with Gasteiger partial charge < -0.3 is 10.5 Å². The van der Waals surface area contributed by atoms with Crippen molar-refractivity contribution in [2.75, 3.05) is 7.11 Å². The summed E-state index contributed by atoms with van der Waals surface area (Å²) in [6.07, 6.45) is 0.977. The molecule has 1 aromatic carbocycles. The van der Waals surface area contributed by atoms with Crippen LogP contribution in [0.4, 0.5) is 0 Å². The number of carbonyl (C=O) groups is 1. The molecule has 0 aliphatic rings. The molecule has 2 N–H and O–H groups in total. The van der Waals surface area contributed by atoms with Crippen molar-refractivity contribution in [3.05, 3.63) is 34.9 Å². The molecule has 17 heavy (non-hydrogen) atoms. The summed E-state index contributed by atoms with van der Waals surface area (Å²) in [7, 11) is 1.38. The summed E-state index contributed by atoms with van der Waals surface area (Å²) in [5.74, 6) is -0.253. The van der Waals surface area contributed by atoms with E-state index in [4.69, 9.17) is 5.73 Å². The lowest BCUT2D eigenvalue weighted by Crippen LogP contribution is -2.27. The predicted octanol–water partition coefficient (Wildman–Crippen LogP) is 2.16. The number of esters is 1. The van der Waals surface area contributed by atoms with Gasteiger partial charge in [0.1, 0.15) is 0 Å². The Morgan fingerprint density at radius 2 is 2.06 bits per heavy atom. The molecular weight excluding hydrogens is 238 g/mol. The third kappa shape index (κ3) is 5.20. The van der Waals surface area contributed by atoms with Gasteiger partial charge in [-0.25, -0.2) is 0 Å². The van der Waals surface area contributed by atoms with Crippen LogP contribution in [-0.2, 0) is 16.0 Å². The highest BCUT2D eigenvalue weighted by molar-refractivity contribution is 5.85. The molecule has 0 amide bonds. The van der Waals surface area contributed by atoms with E-state index >= 15 is 0 Å². The molecule has 1 unspecified atom stereocenters. The Hall–Kier alpha value is -1.06. The highest BCUT2D eigenvalue weighted by Crippen LogP contribution is 2.13. The van der Waals surface area contributed by atoms with Crippen molar-refractivity contribution in [2.45, 2.75) is 32.7 Å². The second-order valence-corrected chi connectivity index (χ2v) is 4.17. The van der Waals surface area contributed by atoms with Gasteiger partial charge in [-0.05, 0) is 31.4 Å². The SMILES string of the molecule is COC(=O)CC(N)Cc1ccc(C)cc1C.Cl. The van der Waals surface area contributed by atoms with Gasteiger partial charge in [-0.2, -0.15) is 0 Å². The first-order valence-electron chi connectivity index (χ1n) is 5.41. The highest BCUT2D eigenvalue weighted by Gasteiger charge is 2.11. The van der Waals surface area contributed by atoms with Gasteiger partial charge in [-0.3, -0.25) is 4.79 Å². The Labute approximate surface area is 109 Å². The smallest absolute Gasteiger partial charge is 0.307 e. The number of hydrogen-bond acceptors (Lipinski definition) is 3. The summed E-state index contributed by atoms with van der Waals surface area (Å²) in [5.41, 5.74) is 9.55. The van der Waals surface area contributed by atoms with Gasteiger partial charge in [0.15, 0.2) is 0 Å². The van der Waals surface area contributed by atoms with Gasteiger partial charge in [0.2, 0.25) is 0 Å². The summed E-state index contributed by atoms with van der Waals surface area (Å²) in [4.78, 5) is 11.0. The van der Waals surface area contributed by atoms with Crippen molar-refractivity contribution in [3.63, 3.8) is 0 Å². The van der Waals surface area contributed by atoms with Crippen molar-refractivity contribution in [1.29, 1.82) is 0 Å². The lowest BCUT2D eigenvalue weighted by Gasteiger charge is -2.12. The molecule has 0 spiro atoms. The number of halogens is 1. The molecule has 96 valence electrons. The van der Waals surface area contributed by atoms with E-state index in [0.29, 0.717) is 6.42 Å². The number of rotatable bonds is 4. The van der Waals surface area contributed by atoms with Crippen LogP contribution in [0.1, 0.15) is 23.1 Å². The zero-order valence-electron chi connectivity index (χ0n) is 10.5. The van der Waals surface area contributed by atoms with Crippen molar-refractivity contribution < 1.29 is 9.53 Å². The number of ether oxygens (including phenoxy) is 1. The molecule has 0 saturated heterocycles.